The van der Waals surface area contributed by atoms with E-state index in [0.29, 0.717) is 42.0 Å². The van der Waals surface area contributed by atoms with Crippen molar-refractivity contribution in [3.05, 3.63) is 23.2 Å². The molecule has 0 bridgehead atoms. The average molecular weight is 337 g/mol. The maximum Gasteiger partial charge on any atom is 0.407 e. The molecule has 0 fully saturated rings. The minimum atomic E-state index is -0.582. The van der Waals surface area contributed by atoms with Gasteiger partial charge in [-0.05, 0) is 32.8 Å². The van der Waals surface area contributed by atoms with Crippen molar-refractivity contribution in [2.45, 2.75) is 46.1 Å². The molecule has 0 spiro atoms. The van der Waals surface area contributed by atoms with E-state index >= 15 is 0 Å². The van der Waals surface area contributed by atoms with E-state index in [1.165, 1.54) is 0 Å². The number of nitrogen functional groups attached to an aromatic ring is 1. The summed E-state index contributed by atoms with van der Waals surface area (Å²) in [5.74, 6) is -0.262. The van der Waals surface area contributed by atoms with Gasteiger partial charge in [-0.2, -0.15) is 0 Å². The van der Waals surface area contributed by atoms with Gasteiger partial charge in [-0.15, -0.1) is 0 Å². The van der Waals surface area contributed by atoms with Crippen LogP contribution < -0.4 is 15.8 Å². The van der Waals surface area contributed by atoms with E-state index in [-0.39, 0.29) is 12.4 Å². The predicted octanol–water partition coefficient (Wildman–Crippen LogP) is 3.06. The van der Waals surface area contributed by atoms with E-state index in [2.05, 4.69) is 10.3 Å². The second-order valence-electron chi connectivity index (χ2n) is 6.53. The lowest BCUT2D eigenvalue weighted by Crippen LogP contribution is -2.32. The topological polar surface area (TPSA) is 86.5 Å². The number of carbonyl (C=O) groups is 1. The zero-order valence-electron chi connectivity index (χ0n) is 14.5. The van der Waals surface area contributed by atoms with Crippen LogP contribution in [0.5, 0.6) is 5.75 Å². The van der Waals surface area contributed by atoms with Gasteiger partial charge in [0.2, 0.25) is 0 Å². The van der Waals surface area contributed by atoms with Crippen LogP contribution in [0.3, 0.4) is 0 Å². The highest BCUT2D eigenvalue weighted by Crippen LogP contribution is 2.37. The number of allylic oxidation sites excluding steroid dienone is 1. The van der Waals surface area contributed by atoms with Gasteiger partial charge in [0, 0.05) is 13.0 Å². The Morgan fingerprint density at radius 2 is 2.21 bits per heavy atom. The van der Waals surface area contributed by atoms with Crippen LogP contribution in [0.15, 0.2) is 6.08 Å². The third-order valence-corrected chi connectivity index (χ3v) is 3.47. The van der Waals surface area contributed by atoms with Gasteiger partial charge in [0.15, 0.2) is 17.4 Å². The van der Waals surface area contributed by atoms with E-state index < -0.39 is 17.5 Å². The number of hydrogen-bond donors (Lipinski definition) is 2. The molecular formula is C17H24FN3O3. The van der Waals surface area contributed by atoms with Gasteiger partial charge >= 0.3 is 6.09 Å². The number of nitrogens with two attached hydrogens (primary N) is 1. The summed E-state index contributed by atoms with van der Waals surface area (Å²) in [6, 6.07) is 0. The maximum atomic E-state index is 14.5. The lowest BCUT2D eigenvalue weighted by atomic mass is 10.0. The Morgan fingerprint density at radius 1 is 1.50 bits per heavy atom. The van der Waals surface area contributed by atoms with Crippen molar-refractivity contribution in [3.8, 4) is 5.75 Å². The Morgan fingerprint density at radius 3 is 2.83 bits per heavy atom. The Bertz CT molecular complexity index is 666. The number of pyridine rings is 1. The van der Waals surface area contributed by atoms with Gasteiger partial charge in [0.1, 0.15) is 5.60 Å². The largest absolute Gasteiger partial charge is 0.491 e. The van der Waals surface area contributed by atoms with Crippen molar-refractivity contribution >= 4 is 17.5 Å². The first-order valence-electron chi connectivity index (χ1n) is 7.99. The highest BCUT2D eigenvalue weighted by atomic mass is 19.1. The molecule has 3 N–H and O–H groups in total. The molecule has 7 heteroatoms. The van der Waals surface area contributed by atoms with E-state index in [9.17, 15) is 9.18 Å². The molecule has 0 saturated heterocycles. The minimum Gasteiger partial charge on any atom is -0.491 e. The van der Waals surface area contributed by atoms with Crippen LogP contribution in [0.4, 0.5) is 15.0 Å². The van der Waals surface area contributed by atoms with Crippen LogP contribution >= 0.6 is 0 Å². The Kier molecular flexibility index (Phi) is 5.31. The zero-order valence-corrected chi connectivity index (χ0v) is 14.5. The molecular weight excluding hydrogens is 313 g/mol. The number of aromatic nitrogens is 1. The van der Waals surface area contributed by atoms with Crippen LogP contribution in [0.1, 0.15) is 45.4 Å². The molecule has 0 aliphatic carbocycles. The fourth-order valence-electron chi connectivity index (χ4n) is 2.47. The molecule has 0 saturated carbocycles. The van der Waals surface area contributed by atoms with E-state index in [4.69, 9.17) is 15.2 Å². The Hall–Kier alpha value is -2.31. The average Bonchev–Trinajstić information content (AvgIpc) is 2.91. The van der Waals surface area contributed by atoms with Crippen molar-refractivity contribution in [2.24, 2.45) is 0 Å². The van der Waals surface area contributed by atoms with Crippen LogP contribution in [0, 0.1) is 5.82 Å². The van der Waals surface area contributed by atoms with E-state index in [1.54, 1.807) is 26.8 Å². The van der Waals surface area contributed by atoms with Crippen molar-refractivity contribution < 1.29 is 18.7 Å². The summed E-state index contributed by atoms with van der Waals surface area (Å²) in [6.45, 7) is 7.94. The molecule has 2 heterocycles. The molecule has 0 radical (unpaired) electrons. The number of fused-ring (bicyclic) bond motifs is 1. The first-order valence-corrected chi connectivity index (χ1v) is 7.99. The summed E-state index contributed by atoms with van der Waals surface area (Å²) < 4.78 is 25.2. The molecule has 24 heavy (non-hydrogen) atoms. The number of hydrogen-bond acceptors (Lipinski definition) is 5. The fraction of sp³-hybridized carbons (Fsp3) is 0.529. The van der Waals surface area contributed by atoms with Crippen LogP contribution in [0.2, 0.25) is 0 Å². The van der Waals surface area contributed by atoms with Crippen LogP contribution in [0.25, 0.3) is 5.57 Å². The lowest BCUT2D eigenvalue weighted by molar-refractivity contribution is 0.0534. The summed E-state index contributed by atoms with van der Waals surface area (Å²) in [7, 11) is 0. The number of alkyl carbamates (subject to hydrolysis) is 1. The number of carbonyl (C=O) groups excluding carboxylic acids is 1. The SMILES string of the molecule is CC/C(=C\CNC(=O)OC(C)(C)C)c1c(F)c(N)nc2c1OCC2. The fourth-order valence-corrected chi connectivity index (χ4v) is 2.47. The first-order chi connectivity index (χ1) is 11.2. The molecule has 1 amide bonds. The minimum absolute atomic E-state index is 0.131. The lowest BCUT2D eigenvalue weighted by Gasteiger charge is -2.19. The van der Waals surface area contributed by atoms with Gasteiger partial charge in [-0.3, -0.25) is 0 Å². The molecule has 0 atom stereocenters. The molecule has 1 aliphatic heterocycles. The quantitative estimate of drug-likeness (QED) is 0.882. The van der Waals surface area contributed by atoms with Gasteiger partial charge in [-0.25, -0.2) is 14.2 Å². The van der Waals surface area contributed by atoms with Crippen molar-refractivity contribution in [1.29, 1.82) is 0 Å². The zero-order chi connectivity index (χ0) is 17.9. The molecule has 2 rings (SSSR count). The molecule has 1 aromatic rings. The molecule has 1 aromatic heterocycles. The van der Waals surface area contributed by atoms with Crippen molar-refractivity contribution in [1.82, 2.24) is 10.3 Å². The summed E-state index contributed by atoms with van der Waals surface area (Å²) in [5.41, 5.74) is 6.82. The van der Waals surface area contributed by atoms with Gasteiger partial charge in [0.05, 0.1) is 17.9 Å². The Labute approximate surface area is 141 Å². The Balaban J connectivity index is 2.19. The number of anilines is 1. The summed E-state index contributed by atoms with van der Waals surface area (Å²) >= 11 is 0. The number of nitrogens with one attached hydrogen (secondary N) is 1. The van der Waals surface area contributed by atoms with Crippen LogP contribution in [-0.4, -0.2) is 29.8 Å². The molecule has 0 aromatic carbocycles. The third kappa shape index (κ3) is 4.15. The van der Waals surface area contributed by atoms with Crippen molar-refractivity contribution in [3.63, 3.8) is 0 Å². The highest BCUT2D eigenvalue weighted by molar-refractivity contribution is 5.75. The molecule has 0 unspecified atom stereocenters. The maximum absolute atomic E-state index is 14.5. The molecule has 132 valence electrons. The van der Waals surface area contributed by atoms with Gasteiger partial charge in [0.25, 0.3) is 0 Å². The third-order valence-electron chi connectivity index (χ3n) is 3.47. The number of amides is 1. The summed E-state index contributed by atoms with van der Waals surface area (Å²) in [5, 5.41) is 2.63. The highest BCUT2D eigenvalue weighted by Gasteiger charge is 2.25. The second kappa shape index (κ2) is 7.07. The molecule has 1 aliphatic rings. The van der Waals surface area contributed by atoms with Gasteiger partial charge in [-0.1, -0.05) is 13.0 Å². The number of rotatable bonds is 4. The van der Waals surface area contributed by atoms with E-state index in [0.717, 1.165) is 0 Å². The van der Waals surface area contributed by atoms with E-state index in [1.807, 2.05) is 6.92 Å². The van der Waals surface area contributed by atoms with Crippen molar-refractivity contribution in [2.75, 3.05) is 18.9 Å². The predicted molar refractivity (Wildman–Crippen MR) is 90.3 cm³/mol. The number of halogens is 1. The smallest absolute Gasteiger partial charge is 0.407 e. The normalized spacial score (nSPS) is 14.1. The first kappa shape index (κ1) is 18.0. The van der Waals surface area contributed by atoms with Crippen LogP contribution in [-0.2, 0) is 11.2 Å². The van der Waals surface area contributed by atoms with Gasteiger partial charge < -0.3 is 20.5 Å². The molecule has 6 nitrogen and oxygen atoms in total. The number of ether oxygens (including phenoxy) is 2. The second-order valence-corrected chi connectivity index (χ2v) is 6.53. The monoisotopic (exact) mass is 337 g/mol. The summed E-state index contributed by atoms with van der Waals surface area (Å²) in [6.07, 6.45) is 2.39. The number of nitrogens with zero attached hydrogens (tertiary/aromatic N) is 1. The standard InChI is InChI=1S/C17H24FN3O3/c1-5-10(6-8-20-16(22)24-17(2,3)4)12-13(18)15(19)21-11-7-9-23-14(11)12/h6H,5,7-9H2,1-4H3,(H2,19,21)(H,20,22)/b10-6+. The summed E-state index contributed by atoms with van der Waals surface area (Å²) in [4.78, 5) is 15.7.